The smallest absolute Gasteiger partial charge is 0.150 e. The highest BCUT2D eigenvalue weighted by molar-refractivity contribution is 6.41. The minimum atomic E-state index is 0.563. The number of rotatable bonds is 3. The number of hydrogen-bond donors (Lipinski definition) is 3. The van der Waals surface area contributed by atoms with Crippen LogP contribution in [0.5, 0.6) is 0 Å². The zero-order valence-corrected chi connectivity index (χ0v) is 17.2. The van der Waals surface area contributed by atoms with E-state index in [1.165, 1.54) is 0 Å². The molecule has 0 aliphatic rings. The second-order valence-electron chi connectivity index (χ2n) is 8.29. The summed E-state index contributed by atoms with van der Waals surface area (Å²) in [4.78, 5) is 46.4. The first-order chi connectivity index (χ1) is 16.2. The third kappa shape index (κ3) is 2.09. The van der Waals surface area contributed by atoms with E-state index in [4.69, 9.17) is 0 Å². The molecule has 0 spiro atoms. The van der Waals surface area contributed by atoms with Gasteiger partial charge in [-0.1, -0.05) is 36.4 Å². The molecule has 0 fully saturated rings. The molecule has 6 heteroatoms. The molecule has 7 rings (SSSR count). The summed E-state index contributed by atoms with van der Waals surface area (Å²) in [6.45, 7) is 0. The fourth-order valence-corrected chi connectivity index (χ4v) is 5.43. The number of benzene rings is 4. The van der Waals surface area contributed by atoms with Gasteiger partial charge in [-0.05, 0) is 18.2 Å². The molecule has 0 atom stereocenters. The first-order valence-corrected chi connectivity index (χ1v) is 10.6. The van der Waals surface area contributed by atoms with Crippen molar-refractivity contribution in [3.8, 4) is 0 Å². The Labute approximate surface area is 185 Å². The van der Waals surface area contributed by atoms with E-state index in [0.29, 0.717) is 16.7 Å². The highest BCUT2D eigenvalue weighted by atomic mass is 16.1. The van der Waals surface area contributed by atoms with Crippen molar-refractivity contribution >= 4 is 84.3 Å². The molecule has 33 heavy (non-hydrogen) atoms. The number of carbonyl (C=O) groups excluding carboxylic acids is 3. The van der Waals surface area contributed by atoms with E-state index in [1.54, 1.807) is 18.2 Å². The number of fused-ring (bicyclic) bond motifs is 12. The Kier molecular flexibility index (Phi) is 3.35. The maximum atomic E-state index is 12.0. The molecule has 156 valence electrons. The average Bonchev–Trinajstić information content (AvgIpc) is 3.53. The lowest BCUT2D eigenvalue weighted by Crippen LogP contribution is -1.84. The van der Waals surface area contributed by atoms with E-state index in [1.807, 2.05) is 36.4 Å². The zero-order chi connectivity index (χ0) is 22.3. The summed E-state index contributed by atoms with van der Waals surface area (Å²) in [5, 5.41) is 5.04. The number of H-pyrrole nitrogens is 3. The summed E-state index contributed by atoms with van der Waals surface area (Å²) >= 11 is 0. The third-order valence-electron chi connectivity index (χ3n) is 6.70. The fraction of sp³-hybridized carbons (Fsp3) is 0. The normalized spacial score (nSPS) is 12.0. The van der Waals surface area contributed by atoms with Crippen molar-refractivity contribution in [1.29, 1.82) is 0 Å². The predicted octanol–water partition coefficient (Wildman–Crippen LogP) is 6.03. The summed E-state index contributed by atoms with van der Waals surface area (Å²) in [5.74, 6) is 0. The second-order valence-corrected chi connectivity index (χ2v) is 8.29. The van der Waals surface area contributed by atoms with Crippen molar-refractivity contribution in [1.82, 2.24) is 15.0 Å². The Hall–Kier alpha value is -4.71. The topological polar surface area (TPSA) is 98.6 Å². The van der Waals surface area contributed by atoms with Gasteiger partial charge in [0.1, 0.15) is 0 Å². The van der Waals surface area contributed by atoms with Crippen LogP contribution in [0.25, 0.3) is 65.4 Å². The lowest BCUT2D eigenvalue weighted by molar-refractivity contribution is 0.111. The minimum absolute atomic E-state index is 0.563. The summed E-state index contributed by atoms with van der Waals surface area (Å²) in [6.07, 6.45) is 2.57. The molecule has 3 heterocycles. The molecule has 0 bridgehead atoms. The lowest BCUT2D eigenvalue weighted by Gasteiger charge is -2.03. The average molecular weight is 429 g/mol. The Bertz CT molecular complexity index is 1980. The van der Waals surface area contributed by atoms with Crippen LogP contribution < -0.4 is 0 Å². The molecular weight excluding hydrogens is 414 g/mol. The molecule has 7 aromatic rings. The number of carbonyl (C=O) groups is 3. The maximum absolute atomic E-state index is 12.0. The van der Waals surface area contributed by atoms with Crippen LogP contribution in [0.15, 0.2) is 54.6 Å². The SMILES string of the molecule is O=Cc1cccc2[nH]c3c4[nH]c5cccc(C=O)c5c4c4c([nH]c5cccc(C=O)c54)c3c12. The van der Waals surface area contributed by atoms with Gasteiger partial charge in [0.2, 0.25) is 0 Å². The van der Waals surface area contributed by atoms with Gasteiger partial charge in [0, 0.05) is 65.6 Å². The Morgan fingerprint density at radius 3 is 1.24 bits per heavy atom. The summed E-state index contributed by atoms with van der Waals surface area (Å²) in [7, 11) is 0. The molecule has 4 aromatic carbocycles. The third-order valence-corrected chi connectivity index (χ3v) is 6.70. The Morgan fingerprint density at radius 2 is 0.788 bits per heavy atom. The van der Waals surface area contributed by atoms with E-state index in [2.05, 4.69) is 15.0 Å². The van der Waals surface area contributed by atoms with Gasteiger partial charge < -0.3 is 15.0 Å². The lowest BCUT2D eigenvalue weighted by atomic mass is 9.97. The minimum Gasteiger partial charge on any atom is -0.354 e. The molecule has 0 saturated carbocycles. The van der Waals surface area contributed by atoms with Gasteiger partial charge in [-0.3, -0.25) is 14.4 Å². The molecule has 0 aliphatic heterocycles. The van der Waals surface area contributed by atoms with Gasteiger partial charge in [0.15, 0.2) is 18.9 Å². The molecule has 0 aliphatic carbocycles. The van der Waals surface area contributed by atoms with Crippen LogP contribution in [0, 0.1) is 0 Å². The van der Waals surface area contributed by atoms with Gasteiger partial charge >= 0.3 is 0 Å². The van der Waals surface area contributed by atoms with E-state index in [9.17, 15) is 14.4 Å². The van der Waals surface area contributed by atoms with Gasteiger partial charge in [-0.15, -0.1) is 0 Å². The number of aldehydes is 3. The molecule has 0 unspecified atom stereocenters. The molecule has 3 N–H and O–H groups in total. The molecule has 0 amide bonds. The van der Waals surface area contributed by atoms with Crippen molar-refractivity contribution in [3.63, 3.8) is 0 Å². The van der Waals surface area contributed by atoms with Crippen molar-refractivity contribution in [2.75, 3.05) is 0 Å². The van der Waals surface area contributed by atoms with E-state index >= 15 is 0 Å². The van der Waals surface area contributed by atoms with Crippen molar-refractivity contribution in [2.45, 2.75) is 0 Å². The first-order valence-electron chi connectivity index (χ1n) is 10.6. The van der Waals surface area contributed by atoms with E-state index in [0.717, 1.165) is 84.3 Å². The van der Waals surface area contributed by atoms with Crippen molar-refractivity contribution in [2.24, 2.45) is 0 Å². The highest BCUT2D eigenvalue weighted by Crippen LogP contribution is 2.45. The van der Waals surface area contributed by atoms with E-state index in [-0.39, 0.29) is 0 Å². The van der Waals surface area contributed by atoms with Crippen LogP contribution in [-0.2, 0) is 0 Å². The number of aromatic amines is 3. The fourth-order valence-electron chi connectivity index (χ4n) is 5.43. The molecule has 0 saturated heterocycles. The predicted molar refractivity (Wildman–Crippen MR) is 131 cm³/mol. The molecular formula is C27H15N3O3. The number of nitrogens with one attached hydrogen (secondary N) is 3. The maximum Gasteiger partial charge on any atom is 0.150 e. The van der Waals surface area contributed by atoms with Crippen LogP contribution in [0.1, 0.15) is 31.1 Å². The monoisotopic (exact) mass is 429 g/mol. The first kappa shape index (κ1) is 17.9. The highest BCUT2D eigenvalue weighted by Gasteiger charge is 2.23. The van der Waals surface area contributed by atoms with Crippen LogP contribution in [-0.4, -0.2) is 33.8 Å². The van der Waals surface area contributed by atoms with Crippen molar-refractivity contribution < 1.29 is 14.4 Å². The summed E-state index contributed by atoms with van der Waals surface area (Å²) < 4.78 is 0. The Morgan fingerprint density at radius 1 is 0.424 bits per heavy atom. The number of aromatic nitrogens is 3. The van der Waals surface area contributed by atoms with Crippen LogP contribution in [0.2, 0.25) is 0 Å². The van der Waals surface area contributed by atoms with Crippen molar-refractivity contribution in [3.05, 3.63) is 71.3 Å². The number of hydrogen-bond acceptors (Lipinski definition) is 3. The quantitative estimate of drug-likeness (QED) is 0.299. The van der Waals surface area contributed by atoms with Gasteiger partial charge in [0.05, 0.1) is 16.6 Å². The summed E-state index contributed by atoms with van der Waals surface area (Å²) in [5.41, 5.74) is 6.70. The van der Waals surface area contributed by atoms with Crippen LogP contribution in [0.4, 0.5) is 0 Å². The van der Waals surface area contributed by atoms with Crippen LogP contribution >= 0.6 is 0 Å². The largest absolute Gasteiger partial charge is 0.354 e. The molecule has 3 aromatic heterocycles. The van der Waals surface area contributed by atoms with Crippen LogP contribution in [0.3, 0.4) is 0 Å². The zero-order valence-electron chi connectivity index (χ0n) is 17.2. The standard InChI is InChI=1S/C27H15N3O3/c31-10-13-4-1-7-16-19(13)22-23-20-14(11-32)5-2-8-17(20)29-26(23)27-24(25(22)28-16)21-15(12-33)6-3-9-18(21)30-27/h1-12,28-30H. The van der Waals surface area contributed by atoms with Gasteiger partial charge in [-0.2, -0.15) is 0 Å². The van der Waals surface area contributed by atoms with Gasteiger partial charge in [-0.25, -0.2) is 0 Å². The summed E-state index contributed by atoms with van der Waals surface area (Å²) in [6, 6.07) is 16.7. The molecule has 6 nitrogen and oxygen atoms in total. The van der Waals surface area contributed by atoms with E-state index < -0.39 is 0 Å². The Balaban J connectivity index is 1.94. The second kappa shape index (κ2) is 6.17. The molecule has 0 radical (unpaired) electrons. The van der Waals surface area contributed by atoms with Gasteiger partial charge in [0.25, 0.3) is 0 Å².